The first-order valence-electron chi connectivity index (χ1n) is 13.6. The van der Waals surface area contributed by atoms with Crippen LogP contribution in [0.25, 0.3) is 0 Å². The van der Waals surface area contributed by atoms with Gasteiger partial charge in [-0.15, -0.1) is 0 Å². The van der Waals surface area contributed by atoms with Crippen LogP contribution in [0.4, 0.5) is 0 Å². The molecule has 6 atom stereocenters. The van der Waals surface area contributed by atoms with E-state index in [2.05, 4.69) is 57.1 Å². The molecule has 0 saturated heterocycles. The lowest BCUT2D eigenvalue weighted by Gasteiger charge is -2.53. The van der Waals surface area contributed by atoms with Gasteiger partial charge in [0.2, 0.25) is 0 Å². The van der Waals surface area contributed by atoms with E-state index in [0.29, 0.717) is 23.0 Å². The second kappa shape index (κ2) is 9.69. The topological polar surface area (TPSA) is 41.9 Å². The lowest BCUT2D eigenvalue weighted by Crippen LogP contribution is -2.45. The summed E-state index contributed by atoms with van der Waals surface area (Å²) < 4.78 is 11.9. The third kappa shape index (κ3) is 4.55. The van der Waals surface area contributed by atoms with Gasteiger partial charge in [0, 0.05) is 6.54 Å². The summed E-state index contributed by atoms with van der Waals surface area (Å²) in [7, 11) is 5.89. The Balaban J connectivity index is 1.25. The summed E-state index contributed by atoms with van der Waals surface area (Å²) in [4.78, 5) is 2.16. The van der Waals surface area contributed by atoms with Crippen molar-refractivity contribution in [3.63, 3.8) is 0 Å². The molecule has 2 saturated carbocycles. The molecular formula is C31H43NO3. The maximum absolute atomic E-state index is 10.0. The summed E-state index contributed by atoms with van der Waals surface area (Å²) in [5, 5.41) is 10.0. The molecule has 0 amide bonds. The number of ether oxygens (including phenoxy) is 2. The van der Waals surface area contributed by atoms with Gasteiger partial charge in [-0.2, -0.15) is 0 Å². The summed E-state index contributed by atoms with van der Waals surface area (Å²) in [6.45, 7) is 6.69. The molecule has 0 radical (unpaired) electrons. The molecule has 5 unspecified atom stereocenters. The molecule has 5 rings (SSSR count). The zero-order chi connectivity index (χ0) is 24.7. The minimum atomic E-state index is 0.410. The van der Waals surface area contributed by atoms with Gasteiger partial charge >= 0.3 is 0 Å². The molecule has 1 N–H and O–H groups in total. The molecule has 2 aromatic carbocycles. The highest BCUT2D eigenvalue weighted by atomic mass is 16.5. The number of hydrogen-bond acceptors (Lipinski definition) is 4. The van der Waals surface area contributed by atoms with Gasteiger partial charge in [0.15, 0.2) is 11.5 Å². The molecule has 4 heteroatoms. The number of phenolic OH excluding ortho intramolecular Hbond substituents is 1. The maximum atomic E-state index is 10.0. The number of phenols is 1. The van der Waals surface area contributed by atoms with Crippen LogP contribution in [-0.4, -0.2) is 37.8 Å². The van der Waals surface area contributed by atoms with Crippen LogP contribution in [0.3, 0.4) is 0 Å². The summed E-state index contributed by atoms with van der Waals surface area (Å²) in [6, 6.07) is 12.5. The predicted molar refractivity (Wildman–Crippen MR) is 141 cm³/mol. The zero-order valence-electron chi connectivity index (χ0n) is 22.2. The largest absolute Gasteiger partial charge is 0.508 e. The molecule has 2 fully saturated rings. The molecule has 3 aliphatic carbocycles. The van der Waals surface area contributed by atoms with Crippen molar-refractivity contribution in [2.45, 2.75) is 64.8 Å². The first-order valence-corrected chi connectivity index (χ1v) is 13.6. The third-order valence-corrected chi connectivity index (χ3v) is 9.70. The van der Waals surface area contributed by atoms with E-state index in [9.17, 15) is 5.11 Å². The highest BCUT2D eigenvalue weighted by molar-refractivity contribution is 5.43. The molecule has 0 spiro atoms. The third-order valence-electron chi connectivity index (χ3n) is 9.70. The quantitative estimate of drug-likeness (QED) is 0.485. The van der Waals surface area contributed by atoms with Gasteiger partial charge in [-0.3, -0.25) is 0 Å². The van der Waals surface area contributed by atoms with E-state index in [-0.39, 0.29) is 0 Å². The van der Waals surface area contributed by atoms with Crippen molar-refractivity contribution < 1.29 is 14.6 Å². The fourth-order valence-electron chi connectivity index (χ4n) is 8.15. The highest BCUT2D eigenvalue weighted by Gasteiger charge is 2.55. The second-order valence-electron chi connectivity index (χ2n) is 12.0. The lowest BCUT2D eigenvalue weighted by molar-refractivity contribution is 0.000862. The summed E-state index contributed by atoms with van der Waals surface area (Å²) in [5.41, 5.74) is 4.55. The van der Waals surface area contributed by atoms with Crippen LogP contribution in [-0.2, 0) is 13.0 Å². The van der Waals surface area contributed by atoms with Crippen molar-refractivity contribution in [2.75, 3.05) is 27.8 Å². The minimum absolute atomic E-state index is 0.410. The second-order valence-corrected chi connectivity index (χ2v) is 12.0. The van der Waals surface area contributed by atoms with Gasteiger partial charge in [0.25, 0.3) is 0 Å². The summed E-state index contributed by atoms with van der Waals surface area (Å²) in [6.07, 6.45) is 7.47. The number of fused-ring (bicyclic) bond motifs is 5. The molecule has 0 aromatic heterocycles. The first-order chi connectivity index (χ1) is 16.8. The normalized spacial score (nSPS) is 31.5. The van der Waals surface area contributed by atoms with Crippen LogP contribution in [0.1, 0.15) is 68.6 Å². The van der Waals surface area contributed by atoms with E-state index >= 15 is 0 Å². The van der Waals surface area contributed by atoms with Gasteiger partial charge in [0.05, 0.1) is 13.7 Å². The first kappa shape index (κ1) is 24.5. The van der Waals surface area contributed by atoms with Crippen LogP contribution in [0.2, 0.25) is 0 Å². The Kier molecular flexibility index (Phi) is 6.78. The molecule has 3 aliphatic rings. The van der Waals surface area contributed by atoms with Crippen molar-refractivity contribution in [3.05, 3.63) is 53.1 Å². The van der Waals surface area contributed by atoms with Crippen LogP contribution >= 0.6 is 0 Å². The van der Waals surface area contributed by atoms with Crippen LogP contribution < -0.4 is 9.47 Å². The van der Waals surface area contributed by atoms with Crippen molar-refractivity contribution in [3.8, 4) is 17.2 Å². The molecule has 4 nitrogen and oxygen atoms in total. The van der Waals surface area contributed by atoms with Crippen LogP contribution in [0.15, 0.2) is 36.4 Å². The summed E-state index contributed by atoms with van der Waals surface area (Å²) >= 11 is 0. The fraction of sp³-hybridized carbons (Fsp3) is 0.613. The molecule has 2 aromatic rings. The Hall–Kier alpha value is -2.20. The fourth-order valence-corrected chi connectivity index (χ4v) is 8.15. The van der Waals surface area contributed by atoms with Gasteiger partial charge in [0.1, 0.15) is 5.75 Å². The van der Waals surface area contributed by atoms with Gasteiger partial charge in [-0.25, -0.2) is 0 Å². The SMILES string of the molecule is COc1cc(CN(C)C)ccc1OCC[C@H]1CCC2C3C(C)Cc4cc(O)ccc4C3CCC21C. The van der Waals surface area contributed by atoms with E-state index < -0.39 is 0 Å². The standard InChI is InChI=1S/C31H43NO3/c1-20-16-22-18-24(33)8-9-25(22)26-12-14-31(2)23(7-10-27(31)30(20)26)13-15-35-28-11-6-21(19-32(3)4)17-29(28)34-5/h6,8-9,11,17-18,20,23,26-27,30,33H,7,10,12-16,19H2,1-5H3/t20?,23-,26?,27?,30?,31?/m1/s1. The van der Waals surface area contributed by atoms with Gasteiger partial charge in [-0.1, -0.05) is 26.0 Å². The minimum Gasteiger partial charge on any atom is -0.508 e. The number of benzene rings is 2. The van der Waals surface area contributed by atoms with Crippen LogP contribution in [0, 0.1) is 29.1 Å². The molecule has 190 valence electrons. The van der Waals surface area contributed by atoms with Crippen molar-refractivity contribution >= 4 is 0 Å². The highest BCUT2D eigenvalue weighted by Crippen LogP contribution is 2.64. The molecule has 0 heterocycles. The Morgan fingerprint density at radius 2 is 1.89 bits per heavy atom. The zero-order valence-corrected chi connectivity index (χ0v) is 22.2. The van der Waals surface area contributed by atoms with Gasteiger partial charge < -0.3 is 19.5 Å². The van der Waals surface area contributed by atoms with E-state index in [1.807, 2.05) is 12.1 Å². The predicted octanol–water partition coefficient (Wildman–Crippen LogP) is 6.65. The lowest BCUT2D eigenvalue weighted by atomic mass is 9.51. The van der Waals surface area contributed by atoms with E-state index in [0.717, 1.165) is 55.2 Å². The van der Waals surface area contributed by atoms with E-state index in [1.54, 1.807) is 7.11 Å². The summed E-state index contributed by atoms with van der Waals surface area (Å²) in [5.74, 6) is 5.73. The smallest absolute Gasteiger partial charge is 0.161 e. The van der Waals surface area contributed by atoms with Gasteiger partial charge in [-0.05, 0) is 129 Å². The maximum Gasteiger partial charge on any atom is 0.161 e. The van der Waals surface area contributed by atoms with E-state index in [1.165, 1.54) is 42.4 Å². The number of aromatic hydroxyl groups is 1. The Morgan fingerprint density at radius 3 is 2.66 bits per heavy atom. The number of hydrogen-bond donors (Lipinski definition) is 1. The average Bonchev–Trinajstić information content (AvgIpc) is 3.15. The van der Waals surface area contributed by atoms with Crippen molar-refractivity contribution in [1.82, 2.24) is 4.90 Å². The average molecular weight is 478 g/mol. The van der Waals surface area contributed by atoms with E-state index in [4.69, 9.17) is 9.47 Å². The Morgan fingerprint density at radius 1 is 1.06 bits per heavy atom. The number of nitrogens with zero attached hydrogens (tertiary/aromatic N) is 1. The molecular weight excluding hydrogens is 434 g/mol. The van der Waals surface area contributed by atoms with Crippen molar-refractivity contribution in [1.29, 1.82) is 0 Å². The number of methoxy groups -OCH3 is 1. The number of rotatable bonds is 7. The van der Waals surface area contributed by atoms with Crippen LogP contribution in [0.5, 0.6) is 17.2 Å². The Labute approximate surface area is 211 Å². The molecule has 35 heavy (non-hydrogen) atoms. The van der Waals surface area contributed by atoms with Crippen molar-refractivity contribution in [2.24, 2.45) is 29.1 Å². The molecule has 0 bridgehead atoms. The monoisotopic (exact) mass is 477 g/mol. The Bertz CT molecular complexity index is 1050. The molecule has 0 aliphatic heterocycles.